The Labute approximate surface area is 168 Å². The largest absolute Gasteiger partial charge is 0.324 e. The third kappa shape index (κ3) is 5.37. The van der Waals surface area contributed by atoms with Crippen LogP contribution in [0.3, 0.4) is 0 Å². The number of nitrogens with one attached hydrogen (secondary N) is 1. The molecule has 0 bridgehead atoms. The standard InChI is InChI=1S/C18H20ClFN2O3S2/c1-4-17(18(23)21-12-6-5-7-14(10-12)26-2)22(27(3,24)25)13-8-9-16(20)15(19)11-13/h5-11,17H,4H2,1-3H3,(H,21,23). The van der Waals surface area contributed by atoms with E-state index < -0.39 is 27.8 Å². The third-order valence-electron chi connectivity index (χ3n) is 3.82. The summed E-state index contributed by atoms with van der Waals surface area (Å²) in [7, 11) is -3.82. The highest BCUT2D eigenvalue weighted by Crippen LogP contribution is 2.28. The number of hydrogen-bond acceptors (Lipinski definition) is 4. The summed E-state index contributed by atoms with van der Waals surface area (Å²) in [6, 6.07) is 9.77. The van der Waals surface area contributed by atoms with Crippen LogP contribution in [0.5, 0.6) is 0 Å². The van der Waals surface area contributed by atoms with Crippen LogP contribution in [0.1, 0.15) is 13.3 Å². The summed E-state index contributed by atoms with van der Waals surface area (Å²) in [5.74, 6) is -1.15. The zero-order valence-electron chi connectivity index (χ0n) is 15.1. The van der Waals surface area contributed by atoms with E-state index in [-0.39, 0.29) is 17.1 Å². The van der Waals surface area contributed by atoms with Crippen molar-refractivity contribution in [3.63, 3.8) is 0 Å². The zero-order chi connectivity index (χ0) is 20.2. The molecule has 146 valence electrons. The number of carbonyl (C=O) groups excluding carboxylic acids is 1. The summed E-state index contributed by atoms with van der Waals surface area (Å²) in [6.07, 6.45) is 3.13. The number of anilines is 2. The van der Waals surface area contributed by atoms with Crippen molar-refractivity contribution in [3.05, 3.63) is 53.3 Å². The van der Waals surface area contributed by atoms with Gasteiger partial charge < -0.3 is 5.32 Å². The van der Waals surface area contributed by atoms with Crippen LogP contribution in [0.15, 0.2) is 47.4 Å². The molecule has 27 heavy (non-hydrogen) atoms. The average molecular weight is 431 g/mol. The number of thioether (sulfide) groups is 1. The minimum absolute atomic E-state index is 0.128. The van der Waals surface area contributed by atoms with E-state index in [2.05, 4.69) is 5.32 Å². The highest BCUT2D eigenvalue weighted by Gasteiger charge is 2.32. The summed E-state index contributed by atoms with van der Waals surface area (Å²) < 4.78 is 39.2. The number of rotatable bonds is 7. The molecule has 0 aliphatic heterocycles. The number of halogens is 2. The maximum Gasteiger partial charge on any atom is 0.248 e. The Balaban J connectivity index is 2.39. The summed E-state index contributed by atoms with van der Waals surface area (Å²) >= 11 is 7.33. The van der Waals surface area contributed by atoms with E-state index in [0.29, 0.717) is 5.69 Å². The van der Waals surface area contributed by atoms with E-state index in [4.69, 9.17) is 11.6 Å². The van der Waals surface area contributed by atoms with Gasteiger partial charge in [0.1, 0.15) is 11.9 Å². The van der Waals surface area contributed by atoms with Gasteiger partial charge in [-0.3, -0.25) is 9.10 Å². The van der Waals surface area contributed by atoms with Crippen molar-refractivity contribution in [1.29, 1.82) is 0 Å². The first-order chi connectivity index (χ1) is 12.7. The lowest BCUT2D eigenvalue weighted by Crippen LogP contribution is -2.47. The molecule has 1 amide bonds. The van der Waals surface area contributed by atoms with Gasteiger partial charge in [0.05, 0.1) is 17.0 Å². The number of nitrogens with zero attached hydrogens (tertiary/aromatic N) is 1. The lowest BCUT2D eigenvalue weighted by Gasteiger charge is -2.30. The second-order valence-electron chi connectivity index (χ2n) is 5.80. The number of sulfonamides is 1. The van der Waals surface area contributed by atoms with Crippen molar-refractivity contribution in [3.8, 4) is 0 Å². The molecule has 1 N–H and O–H groups in total. The molecule has 2 rings (SSSR count). The molecule has 2 aromatic rings. The molecular formula is C18H20ClFN2O3S2. The van der Waals surface area contributed by atoms with Crippen molar-refractivity contribution in [1.82, 2.24) is 0 Å². The van der Waals surface area contributed by atoms with Crippen LogP contribution in [0.25, 0.3) is 0 Å². The van der Waals surface area contributed by atoms with E-state index in [1.165, 1.54) is 23.9 Å². The van der Waals surface area contributed by atoms with Gasteiger partial charge in [-0.1, -0.05) is 24.6 Å². The molecule has 0 fully saturated rings. The van der Waals surface area contributed by atoms with Gasteiger partial charge in [0.25, 0.3) is 0 Å². The van der Waals surface area contributed by atoms with E-state index >= 15 is 0 Å². The first-order valence-corrected chi connectivity index (χ1v) is 11.5. The highest BCUT2D eigenvalue weighted by molar-refractivity contribution is 7.98. The molecule has 1 unspecified atom stereocenters. The maximum absolute atomic E-state index is 13.5. The van der Waals surface area contributed by atoms with E-state index in [9.17, 15) is 17.6 Å². The predicted molar refractivity (Wildman–Crippen MR) is 110 cm³/mol. The fourth-order valence-electron chi connectivity index (χ4n) is 2.61. The molecular weight excluding hydrogens is 411 g/mol. The lowest BCUT2D eigenvalue weighted by atomic mass is 10.1. The van der Waals surface area contributed by atoms with Crippen LogP contribution in [0.2, 0.25) is 5.02 Å². The molecule has 0 radical (unpaired) electrons. The second kappa shape index (κ2) is 8.95. The average Bonchev–Trinajstić information content (AvgIpc) is 2.61. The Morgan fingerprint density at radius 2 is 2.00 bits per heavy atom. The SMILES string of the molecule is CCC(C(=O)Nc1cccc(SC)c1)N(c1ccc(F)c(Cl)c1)S(C)(=O)=O. The molecule has 0 aliphatic carbocycles. The minimum atomic E-state index is -3.82. The van der Waals surface area contributed by atoms with Gasteiger partial charge >= 0.3 is 0 Å². The van der Waals surface area contributed by atoms with Crippen LogP contribution in [0, 0.1) is 5.82 Å². The molecule has 2 aromatic carbocycles. The molecule has 0 saturated carbocycles. The topological polar surface area (TPSA) is 66.5 Å². The Morgan fingerprint density at radius 1 is 1.30 bits per heavy atom. The summed E-state index contributed by atoms with van der Waals surface area (Å²) in [5, 5.41) is 2.53. The Morgan fingerprint density at radius 3 is 2.56 bits per heavy atom. The van der Waals surface area contributed by atoms with Crippen molar-refractivity contribution >= 4 is 50.7 Å². The monoisotopic (exact) mass is 430 g/mol. The van der Waals surface area contributed by atoms with Crippen LogP contribution in [0.4, 0.5) is 15.8 Å². The number of carbonyl (C=O) groups is 1. The number of hydrogen-bond donors (Lipinski definition) is 1. The van der Waals surface area contributed by atoms with Crippen molar-refractivity contribution in [2.75, 3.05) is 22.1 Å². The van der Waals surface area contributed by atoms with E-state index in [0.717, 1.165) is 21.5 Å². The van der Waals surface area contributed by atoms with Crippen LogP contribution in [-0.2, 0) is 14.8 Å². The Hall–Kier alpha value is -1.77. The van der Waals surface area contributed by atoms with Crippen LogP contribution in [-0.4, -0.2) is 32.9 Å². The molecule has 0 spiro atoms. The Bertz CT molecular complexity index is 938. The van der Waals surface area contributed by atoms with Crippen molar-refractivity contribution < 1.29 is 17.6 Å². The molecule has 5 nitrogen and oxygen atoms in total. The zero-order valence-corrected chi connectivity index (χ0v) is 17.5. The number of benzene rings is 2. The van der Waals surface area contributed by atoms with Gasteiger partial charge in [-0.05, 0) is 49.1 Å². The predicted octanol–water partition coefficient (Wildman–Crippen LogP) is 4.38. The first-order valence-electron chi connectivity index (χ1n) is 8.06. The van der Waals surface area contributed by atoms with Gasteiger partial charge in [0, 0.05) is 10.6 Å². The summed E-state index contributed by atoms with van der Waals surface area (Å²) in [6.45, 7) is 1.70. The van der Waals surface area contributed by atoms with E-state index in [1.54, 1.807) is 25.1 Å². The first kappa shape index (κ1) is 21.5. The third-order valence-corrected chi connectivity index (χ3v) is 6.02. The molecule has 1 atom stereocenters. The van der Waals surface area contributed by atoms with Gasteiger partial charge in [-0.2, -0.15) is 0 Å². The minimum Gasteiger partial charge on any atom is -0.324 e. The van der Waals surface area contributed by atoms with Gasteiger partial charge in [-0.15, -0.1) is 11.8 Å². The smallest absolute Gasteiger partial charge is 0.248 e. The fourth-order valence-corrected chi connectivity index (χ4v) is 4.45. The van der Waals surface area contributed by atoms with E-state index in [1.807, 2.05) is 12.3 Å². The summed E-state index contributed by atoms with van der Waals surface area (Å²) in [5.41, 5.74) is 0.694. The normalized spacial score (nSPS) is 12.5. The Kier molecular flexibility index (Phi) is 7.13. The van der Waals surface area contributed by atoms with Crippen molar-refractivity contribution in [2.24, 2.45) is 0 Å². The van der Waals surface area contributed by atoms with Gasteiger partial charge in [0.15, 0.2) is 0 Å². The van der Waals surface area contributed by atoms with Crippen molar-refractivity contribution in [2.45, 2.75) is 24.3 Å². The summed E-state index contributed by atoms with van der Waals surface area (Å²) in [4.78, 5) is 13.8. The molecule has 0 saturated heterocycles. The molecule has 0 aromatic heterocycles. The fraction of sp³-hybridized carbons (Fsp3) is 0.278. The van der Waals surface area contributed by atoms with Crippen LogP contribution < -0.4 is 9.62 Å². The van der Waals surface area contributed by atoms with Gasteiger partial charge in [-0.25, -0.2) is 12.8 Å². The highest BCUT2D eigenvalue weighted by atomic mass is 35.5. The maximum atomic E-state index is 13.5. The second-order valence-corrected chi connectivity index (χ2v) is 8.95. The quantitative estimate of drug-likeness (QED) is 0.662. The molecule has 9 heteroatoms. The molecule has 0 heterocycles. The number of amides is 1. The molecule has 0 aliphatic rings. The van der Waals surface area contributed by atoms with Crippen LogP contribution >= 0.6 is 23.4 Å². The van der Waals surface area contributed by atoms with Gasteiger partial charge in [0.2, 0.25) is 15.9 Å². The lowest BCUT2D eigenvalue weighted by molar-refractivity contribution is -0.117.